The smallest absolute Gasteiger partial charge is 0.223 e. The van der Waals surface area contributed by atoms with Crippen LogP contribution in [0.1, 0.15) is 33.1 Å². The summed E-state index contributed by atoms with van der Waals surface area (Å²) in [4.78, 5) is 14.0. The summed E-state index contributed by atoms with van der Waals surface area (Å²) in [6.07, 6.45) is 1.69. The second kappa shape index (κ2) is 9.13. The zero-order valence-electron chi connectivity index (χ0n) is 13.8. The zero-order valence-corrected chi connectivity index (χ0v) is 15.4. The number of carbonyl (C=O) groups is 1. The molecule has 0 fully saturated rings. The van der Waals surface area contributed by atoms with Gasteiger partial charge in [0, 0.05) is 19.5 Å². The van der Waals surface area contributed by atoms with Gasteiger partial charge in [0.1, 0.15) is 5.75 Å². The summed E-state index contributed by atoms with van der Waals surface area (Å²) in [5.41, 5.74) is 0. The van der Waals surface area contributed by atoms with Crippen LogP contribution in [0.2, 0.25) is 5.02 Å². The molecule has 1 aromatic rings. The van der Waals surface area contributed by atoms with Gasteiger partial charge >= 0.3 is 0 Å². The van der Waals surface area contributed by atoms with Crippen LogP contribution < -0.4 is 4.74 Å². The van der Waals surface area contributed by atoms with Gasteiger partial charge in [0.25, 0.3) is 0 Å². The fourth-order valence-corrected chi connectivity index (χ4v) is 3.81. The van der Waals surface area contributed by atoms with Gasteiger partial charge < -0.3 is 9.64 Å². The predicted molar refractivity (Wildman–Crippen MR) is 91.8 cm³/mol. The Morgan fingerprint density at radius 2 is 1.83 bits per heavy atom. The van der Waals surface area contributed by atoms with Crippen LogP contribution in [0, 0.1) is 0 Å². The second-order valence-electron chi connectivity index (χ2n) is 5.25. The summed E-state index contributed by atoms with van der Waals surface area (Å²) in [5, 5.41) is 0.235. The Labute approximate surface area is 143 Å². The number of hydrogen-bond acceptors (Lipinski definition) is 4. The first-order chi connectivity index (χ1) is 10.9. The van der Waals surface area contributed by atoms with Gasteiger partial charge in [-0.15, -0.1) is 0 Å². The van der Waals surface area contributed by atoms with Gasteiger partial charge in [0.2, 0.25) is 5.91 Å². The van der Waals surface area contributed by atoms with Crippen molar-refractivity contribution in [2.45, 2.75) is 38.0 Å². The highest BCUT2D eigenvalue weighted by Crippen LogP contribution is 2.27. The van der Waals surface area contributed by atoms with Crippen molar-refractivity contribution >= 4 is 27.3 Å². The maximum Gasteiger partial charge on any atom is 0.223 e. The van der Waals surface area contributed by atoms with E-state index in [2.05, 4.69) is 0 Å². The number of benzene rings is 1. The van der Waals surface area contributed by atoms with E-state index in [4.69, 9.17) is 16.3 Å². The van der Waals surface area contributed by atoms with E-state index in [1.165, 1.54) is 25.3 Å². The van der Waals surface area contributed by atoms with Crippen molar-refractivity contribution in [1.82, 2.24) is 4.90 Å². The van der Waals surface area contributed by atoms with Crippen LogP contribution in [0.3, 0.4) is 0 Å². The predicted octanol–water partition coefficient (Wildman–Crippen LogP) is 3.16. The molecule has 0 spiro atoms. The fourth-order valence-electron chi connectivity index (χ4n) is 2.24. The van der Waals surface area contributed by atoms with Crippen molar-refractivity contribution in [3.05, 3.63) is 23.2 Å². The molecule has 0 heterocycles. The molecule has 0 atom stereocenters. The van der Waals surface area contributed by atoms with Crippen LogP contribution in [0.5, 0.6) is 5.75 Å². The molecule has 0 unspecified atom stereocenters. The van der Waals surface area contributed by atoms with E-state index in [1.807, 2.05) is 13.8 Å². The van der Waals surface area contributed by atoms with Crippen LogP contribution >= 0.6 is 11.6 Å². The van der Waals surface area contributed by atoms with Crippen molar-refractivity contribution in [1.29, 1.82) is 0 Å². The Hall–Kier alpha value is -1.27. The van der Waals surface area contributed by atoms with Crippen LogP contribution in [0.25, 0.3) is 0 Å². The highest BCUT2D eigenvalue weighted by Gasteiger charge is 2.20. The van der Waals surface area contributed by atoms with Gasteiger partial charge in [0.05, 0.1) is 22.8 Å². The lowest BCUT2D eigenvalue weighted by Crippen LogP contribution is -2.33. The molecular formula is C16H24ClNO4S. The molecule has 1 aromatic carbocycles. The van der Waals surface area contributed by atoms with Gasteiger partial charge in [-0.2, -0.15) is 0 Å². The number of hydrogen-bond donors (Lipinski definition) is 0. The third kappa shape index (κ3) is 5.70. The summed E-state index contributed by atoms with van der Waals surface area (Å²) >= 11 is 5.97. The van der Waals surface area contributed by atoms with Crippen molar-refractivity contribution in [3.63, 3.8) is 0 Å². The lowest BCUT2D eigenvalue weighted by molar-refractivity contribution is -0.130. The fraction of sp³-hybridized carbons (Fsp3) is 0.562. The molecule has 0 saturated carbocycles. The number of rotatable bonds is 9. The van der Waals surface area contributed by atoms with E-state index < -0.39 is 9.84 Å². The standard InChI is InChI=1S/C16H24ClNO4S/c1-4-9-18(10-5-2)16(19)8-11-23(20,21)13-6-7-15(22-3)14(17)12-13/h6-7,12H,4-5,8-11H2,1-3H3. The van der Waals surface area contributed by atoms with E-state index in [1.54, 1.807) is 4.90 Å². The summed E-state index contributed by atoms with van der Waals surface area (Å²) in [5.74, 6) is 0.0638. The van der Waals surface area contributed by atoms with E-state index in [0.717, 1.165) is 12.8 Å². The first kappa shape index (κ1) is 19.8. The minimum atomic E-state index is -3.55. The molecule has 0 aliphatic heterocycles. The van der Waals surface area contributed by atoms with Crippen molar-refractivity contribution in [2.24, 2.45) is 0 Å². The molecule has 0 aliphatic rings. The molecule has 7 heteroatoms. The monoisotopic (exact) mass is 361 g/mol. The number of ether oxygens (including phenoxy) is 1. The Kier molecular flexibility index (Phi) is 7.85. The van der Waals surface area contributed by atoms with Crippen molar-refractivity contribution in [3.8, 4) is 5.75 Å². The Balaban J connectivity index is 2.78. The lowest BCUT2D eigenvalue weighted by atomic mass is 10.3. The largest absolute Gasteiger partial charge is 0.495 e. The molecule has 0 aromatic heterocycles. The number of carbonyl (C=O) groups excluding carboxylic acids is 1. The normalized spacial score (nSPS) is 11.3. The minimum Gasteiger partial charge on any atom is -0.495 e. The minimum absolute atomic E-state index is 0.0218. The summed E-state index contributed by atoms with van der Waals surface area (Å²) < 4.78 is 29.7. The molecule has 0 bridgehead atoms. The summed E-state index contributed by atoms with van der Waals surface area (Å²) in [6, 6.07) is 4.31. The first-order valence-electron chi connectivity index (χ1n) is 7.69. The molecule has 130 valence electrons. The average Bonchev–Trinajstić information content (AvgIpc) is 2.52. The maximum atomic E-state index is 12.4. The highest BCUT2D eigenvalue weighted by atomic mass is 35.5. The van der Waals surface area contributed by atoms with E-state index in [0.29, 0.717) is 18.8 Å². The number of amides is 1. The lowest BCUT2D eigenvalue weighted by Gasteiger charge is -2.21. The Morgan fingerprint density at radius 1 is 1.22 bits per heavy atom. The summed E-state index contributed by atoms with van der Waals surface area (Å²) in [6.45, 7) is 5.29. The molecule has 0 N–H and O–H groups in total. The highest BCUT2D eigenvalue weighted by molar-refractivity contribution is 7.91. The Bertz CT molecular complexity index is 625. The molecule has 1 rings (SSSR count). The molecule has 5 nitrogen and oxygen atoms in total. The van der Waals surface area contributed by atoms with Gasteiger partial charge in [-0.3, -0.25) is 4.79 Å². The van der Waals surface area contributed by atoms with Crippen LogP contribution in [0.4, 0.5) is 0 Å². The SMILES string of the molecule is CCCN(CCC)C(=O)CCS(=O)(=O)c1ccc(OC)c(Cl)c1. The molecule has 1 amide bonds. The van der Waals surface area contributed by atoms with E-state index >= 15 is 0 Å². The molecule has 23 heavy (non-hydrogen) atoms. The third-order valence-corrected chi connectivity index (χ3v) is 5.42. The number of sulfone groups is 1. The zero-order chi connectivity index (χ0) is 17.5. The van der Waals surface area contributed by atoms with Crippen molar-refractivity contribution in [2.75, 3.05) is 26.0 Å². The number of halogens is 1. The molecule has 0 saturated heterocycles. The van der Waals surface area contributed by atoms with E-state index in [9.17, 15) is 13.2 Å². The van der Waals surface area contributed by atoms with Crippen molar-refractivity contribution < 1.29 is 17.9 Å². The average molecular weight is 362 g/mol. The number of methoxy groups -OCH3 is 1. The van der Waals surface area contributed by atoms with Crippen LogP contribution in [0.15, 0.2) is 23.1 Å². The molecular weight excluding hydrogens is 338 g/mol. The summed E-state index contributed by atoms with van der Waals surface area (Å²) in [7, 11) is -2.09. The quantitative estimate of drug-likeness (QED) is 0.677. The van der Waals surface area contributed by atoms with E-state index in [-0.39, 0.29) is 28.0 Å². The van der Waals surface area contributed by atoms with Crippen LogP contribution in [-0.4, -0.2) is 45.2 Å². The topological polar surface area (TPSA) is 63.7 Å². The maximum absolute atomic E-state index is 12.4. The van der Waals surface area contributed by atoms with Gasteiger partial charge in [-0.1, -0.05) is 25.4 Å². The third-order valence-electron chi connectivity index (χ3n) is 3.41. The molecule has 0 radical (unpaired) electrons. The Morgan fingerprint density at radius 3 is 2.30 bits per heavy atom. The molecule has 0 aliphatic carbocycles. The second-order valence-corrected chi connectivity index (χ2v) is 7.76. The van der Waals surface area contributed by atoms with Gasteiger partial charge in [0.15, 0.2) is 9.84 Å². The number of nitrogens with zero attached hydrogens (tertiary/aromatic N) is 1. The van der Waals surface area contributed by atoms with Crippen LogP contribution in [-0.2, 0) is 14.6 Å². The first-order valence-corrected chi connectivity index (χ1v) is 9.72. The van der Waals surface area contributed by atoms with Gasteiger partial charge in [-0.25, -0.2) is 8.42 Å². The van der Waals surface area contributed by atoms with Gasteiger partial charge in [-0.05, 0) is 31.0 Å².